The highest BCUT2D eigenvalue weighted by Crippen LogP contribution is 2.43. The highest BCUT2D eigenvalue weighted by molar-refractivity contribution is 7.19. The molecule has 2 aliphatic rings. The SMILES string of the molecule is CN1CCN(c2nc(N)nc3c4c(sc23)CCC(F)(F)C4)CC1.O=C(O)C(F)(F)F. The summed E-state index contributed by atoms with van der Waals surface area (Å²) in [4.78, 5) is 23.1. The highest BCUT2D eigenvalue weighted by atomic mass is 32.1. The third-order valence-electron chi connectivity index (χ3n) is 4.91. The number of halogens is 5. The summed E-state index contributed by atoms with van der Waals surface area (Å²) in [6.07, 6.45) is -4.99. The summed E-state index contributed by atoms with van der Waals surface area (Å²) >= 11 is 1.56. The molecule has 0 aromatic carbocycles. The number of anilines is 2. The Bertz CT molecular complexity index is 941. The first kappa shape index (κ1) is 22.4. The van der Waals surface area contributed by atoms with Crippen LogP contribution in [-0.2, 0) is 17.6 Å². The van der Waals surface area contributed by atoms with Gasteiger partial charge in [0.05, 0.1) is 10.2 Å². The first-order valence-corrected chi connectivity index (χ1v) is 9.88. The van der Waals surface area contributed by atoms with Gasteiger partial charge in [-0.25, -0.2) is 18.6 Å². The maximum absolute atomic E-state index is 13.8. The lowest BCUT2D eigenvalue weighted by molar-refractivity contribution is -0.192. The normalized spacial score (nSPS) is 19.2. The first-order valence-electron chi connectivity index (χ1n) is 9.06. The van der Waals surface area contributed by atoms with E-state index in [0.717, 1.165) is 41.6 Å². The molecule has 30 heavy (non-hydrogen) atoms. The predicted molar refractivity (Wildman–Crippen MR) is 102 cm³/mol. The molecule has 1 fully saturated rings. The van der Waals surface area contributed by atoms with Gasteiger partial charge in [-0.1, -0.05) is 0 Å². The van der Waals surface area contributed by atoms with Crippen molar-refractivity contribution < 1.29 is 31.9 Å². The number of likely N-dealkylation sites (N-methyl/N-ethyl adjacent to an activating group) is 1. The van der Waals surface area contributed by atoms with Crippen molar-refractivity contribution in [3.05, 3.63) is 10.4 Å². The average Bonchev–Trinajstić information content (AvgIpc) is 2.98. The van der Waals surface area contributed by atoms with Gasteiger partial charge in [-0.2, -0.15) is 18.2 Å². The molecule has 1 aliphatic carbocycles. The van der Waals surface area contributed by atoms with Crippen LogP contribution in [0.3, 0.4) is 0 Å². The van der Waals surface area contributed by atoms with E-state index in [2.05, 4.69) is 26.8 Å². The van der Waals surface area contributed by atoms with Crippen molar-refractivity contribution in [1.82, 2.24) is 14.9 Å². The number of hydrogen-bond donors (Lipinski definition) is 2. The Kier molecular flexibility index (Phi) is 6.05. The molecule has 2 aromatic heterocycles. The smallest absolute Gasteiger partial charge is 0.475 e. The molecule has 13 heteroatoms. The third-order valence-corrected chi connectivity index (χ3v) is 6.19. The number of aliphatic carboxylic acids is 1. The number of aryl methyl sites for hydroxylation is 1. The molecule has 166 valence electrons. The van der Waals surface area contributed by atoms with Crippen molar-refractivity contribution in [1.29, 1.82) is 0 Å². The van der Waals surface area contributed by atoms with Crippen LogP contribution in [0.2, 0.25) is 0 Å². The van der Waals surface area contributed by atoms with Gasteiger partial charge in [0.25, 0.3) is 5.92 Å². The molecule has 2 aromatic rings. The van der Waals surface area contributed by atoms with Gasteiger partial charge in [-0.3, -0.25) is 0 Å². The fourth-order valence-electron chi connectivity index (χ4n) is 3.33. The standard InChI is InChI=1S/C15H19F2N5S.C2HF3O2/c1-21-4-6-22(7-5-21)13-12-11(19-14(18)20-13)9-8-15(16,17)3-2-10(9)23-12;3-2(4,5)1(6)7/h2-8H2,1H3,(H2,18,19,20);(H,6,7). The Balaban J connectivity index is 0.000000318. The molecule has 0 bridgehead atoms. The summed E-state index contributed by atoms with van der Waals surface area (Å²) < 4.78 is 60.2. The minimum absolute atomic E-state index is 0.0838. The molecule has 1 saturated heterocycles. The fraction of sp³-hybridized carbons (Fsp3) is 0.588. The van der Waals surface area contributed by atoms with Crippen molar-refractivity contribution in [3.63, 3.8) is 0 Å². The van der Waals surface area contributed by atoms with E-state index in [1.54, 1.807) is 11.3 Å². The number of hydrogen-bond acceptors (Lipinski definition) is 7. The number of rotatable bonds is 1. The molecule has 0 unspecified atom stereocenters. The Hall–Kier alpha value is -2.28. The van der Waals surface area contributed by atoms with E-state index in [0.29, 0.717) is 17.5 Å². The first-order chi connectivity index (χ1) is 13.9. The second kappa shape index (κ2) is 8.10. The van der Waals surface area contributed by atoms with Gasteiger partial charge in [0.15, 0.2) is 5.82 Å². The number of nitrogens with two attached hydrogens (primary N) is 1. The summed E-state index contributed by atoms with van der Waals surface area (Å²) in [5.41, 5.74) is 7.18. The molecule has 4 rings (SSSR count). The molecular formula is C17H20F5N5O2S. The molecule has 1 aliphatic heterocycles. The van der Waals surface area contributed by atoms with Crippen LogP contribution in [0.15, 0.2) is 0 Å². The van der Waals surface area contributed by atoms with Gasteiger partial charge in [0.1, 0.15) is 0 Å². The highest BCUT2D eigenvalue weighted by Gasteiger charge is 2.38. The largest absolute Gasteiger partial charge is 0.490 e. The number of carboxylic acids is 1. The number of nitrogen functional groups attached to an aromatic ring is 1. The van der Waals surface area contributed by atoms with Gasteiger partial charge in [0.2, 0.25) is 5.95 Å². The molecule has 0 spiro atoms. The lowest BCUT2D eigenvalue weighted by Crippen LogP contribution is -2.44. The van der Waals surface area contributed by atoms with Crippen molar-refractivity contribution in [2.45, 2.75) is 31.4 Å². The quantitative estimate of drug-likeness (QED) is 0.641. The van der Waals surface area contributed by atoms with E-state index in [-0.39, 0.29) is 18.8 Å². The van der Waals surface area contributed by atoms with E-state index in [9.17, 15) is 22.0 Å². The van der Waals surface area contributed by atoms with E-state index >= 15 is 0 Å². The van der Waals surface area contributed by atoms with Gasteiger partial charge in [-0.15, -0.1) is 11.3 Å². The lowest BCUT2D eigenvalue weighted by atomic mass is 9.95. The molecule has 0 saturated carbocycles. The zero-order chi connectivity index (χ0) is 22.3. The summed E-state index contributed by atoms with van der Waals surface area (Å²) in [7, 11) is 2.09. The van der Waals surface area contributed by atoms with Crippen LogP contribution < -0.4 is 10.6 Å². The van der Waals surface area contributed by atoms with E-state index in [1.807, 2.05) is 0 Å². The Morgan fingerprint density at radius 2 is 1.80 bits per heavy atom. The summed E-state index contributed by atoms with van der Waals surface area (Å²) in [5.74, 6) is -4.42. The van der Waals surface area contributed by atoms with Gasteiger partial charge in [0, 0.05) is 43.9 Å². The minimum Gasteiger partial charge on any atom is -0.475 e. The van der Waals surface area contributed by atoms with E-state index < -0.39 is 18.1 Å². The van der Waals surface area contributed by atoms with Crippen LogP contribution in [0.25, 0.3) is 10.2 Å². The Morgan fingerprint density at radius 3 is 2.37 bits per heavy atom. The van der Waals surface area contributed by atoms with Crippen LogP contribution in [0, 0.1) is 0 Å². The second-order valence-electron chi connectivity index (χ2n) is 7.21. The topological polar surface area (TPSA) is 95.6 Å². The molecule has 3 N–H and O–H groups in total. The number of fused-ring (bicyclic) bond motifs is 3. The third kappa shape index (κ3) is 4.89. The van der Waals surface area contributed by atoms with E-state index in [1.165, 1.54) is 0 Å². The second-order valence-corrected chi connectivity index (χ2v) is 8.32. The van der Waals surface area contributed by atoms with Crippen LogP contribution >= 0.6 is 11.3 Å². The zero-order valence-corrected chi connectivity index (χ0v) is 16.8. The van der Waals surface area contributed by atoms with Gasteiger partial charge in [-0.05, 0) is 19.0 Å². The molecular weight excluding hydrogens is 433 g/mol. The summed E-state index contributed by atoms with van der Waals surface area (Å²) in [6, 6.07) is 0. The Morgan fingerprint density at radius 1 is 1.20 bits per heavy atom. The zero-order valence-electron chi connectivity index (χ0n) is 16.0. The number of piperazine rings is 1. The molecule has 0 amide bonds. The maximum Gasteiger partial charge on any atom is 0.490 e. The van der Waals surface area contributed by atoms with Gasteiger partial charge < -0.3 is 20.6 Å². The van der Waals surface area contributed by atoms with Crippen molar-refractivity contribution in [2.24, 2.45) is 0 Å². The van der Waals surface area contributed by atoms with Crippen molar-refractivity contribution in [2.75, 3.05) is 43.9 Å². The maximum atomic E-state index is 13.8. The molecule has 7 nitrogen and oxygen atoms in total. The molecule has 0 atom stereocenters. The number of alkyl halides is 5. The molecule has 0 radical (unpaired) electrons. The summed E-state index contributed by atoms with van der Waals surface area (Å²) in [5, 5.41) is 7.12. The lowest BCUT2D eigenvalue weighted by Gasteiger charge is -2.33. The van der Waals surface area contributed by atoms with Crippen molar-refractivity contribution in [3.8, 4) is 0 Å². The predicted octanol–water partition coefficient (Wildman–Crippen LogP) is 2.78. The van der Waals surface area contributed by atoms with E-state index in [4.69, 9.17) is 15.6 Å². The Labute approximate surface area is 172 Å². The average molecular weight is 453 g/mol. The van der Waals surface area contributed by atoms with Crippen LogP contribution in [0.5, 0.6) is 0 Å². The molecule has 3 heterocycles. The summed E-state index contributed by atoms with van der Waals surface area (Å²) in [6.45, 7) is 3.63. The number of carboxylic acid groups (broad SMARTS) is 1. The number of thiophene rings is 1. The number of carbonyl (C=O) groups is 1. The monoisotopic (exact) mass is 453 g/mol. The van der Waals surface area contributed by atoms with Gasteiger partial charge >= 0.3 is 12.1 Å². The minimum atomic E-state index is -5.08. The van der Waals surface area contributed by atoms with Crippen LogP contribution in [-0.4, -0.2) is 71.3 Å². The van der Waals surface area contributed by atoms with Crippen LogP contribution in [0.1, 0.15) is 16.9 Å². The number of nitrogens with zero attached hydrogens (tertiary/aromatic N) is 4. The van der Waals surface area contributed by atoms with Crippen LogP contribution in [0.4, 0.5) is 33.7 Å². The number of aromatic nitrogens is 2. The van der Waals surface area contributed by atoms with Crippen molar-refractivity contribution >= 4 is 39.3 Å². The fourth-order valence-corrected chi connectivity index (χ4v) is 4.61.